The van der Waals surface area contributed by atoms with Crippen molar-refractivity contribution < 1.29 is 19.2 Å². The number of carbonyl (C=O) groups is 4. The van der Waals surface area contributed by atoms with Gasteiger partial charge in [0, 0.05) is 25.6 Å². The van der Waals surface area contributed by atoms with Gasteiger partial charge in [0.2, 0.25) is 11.8 Å². The lowest BCUT2D eigenvalue weighted by Gasteiger charge is -2.27. The summed E-state index contributed by atoms with van der Waals surface area (Å²) in [5.41, 5.74) is 1.49. The van der Waals surface area contributed by atoms with Gasteiger partial charge >= 0.3 is 0 Å². The van der Waals surface area contributed by atoms with Crippen molar-refractivity contribution in [3.05, 3.63) is 34.9 Å². The lowest BCUT2D eigenvalue weighted by molar-refractivity contribution is -0.136. The van der Waals surface area contributed by atoms with Crippen molar-refractivity contribution in [2.24, 2.45) is 11.8 Å². The fraction of sp³-hybridized carbons (Fsp3) is 0.524. The molecule has 1 saturated carbocycles. The first-order valence-electron chi connectivity index (χ1n) is 10.3. The van der Waals surface area contributed by atoms with Gasteiger partial charge in [0.25, 0.3) is 11.8 Å². The van der Waals surface area contributed by atoms with Crippen molar-refractivity contribution in [1.82, 2.24) is 20.9 Å². The SMILES string of the molecule is O=C1CCC(N2C(=O)c3cccc(CNC4CNCC4C4CC4)c3C2=O)C(=O)N1. The fourth-order valence-electron chi connectivity index (χ4n) is 4.92. The second kappa shape index (κ2) is 7.03. The molecule has 0 spiro atoms. The average Bonchev–Trinajstić information content (AvgIpc) is 3.39. The topological polar surface area (TPSA) is 108 Å². The van der Waals surface area contributed by atoms with Crippen LogP contribution in [0.4, 0.5) is 0 Å². The van der Waals surface area contributed by atoms with E-state index in [0.717, 1.165) is 29.5 Å². The number of benzene rings is 1. The Morgan fingerprint density at radius 3 is 2.62 bits per heavy atom. The highest BCUT2D eigenvalue weighted by Crippen LogP contribution is 2.39. The van der Waals surface area contributed by atoms with Gasteiger partial charge in [-0.2, -0.15) is 0 Å². The van der Waals surface area contributed by atoms with E-state index in [1.807, 2.05) is 6.07 Å². The summed E-state index contributed by atoms with van der Waals surface area (Å²) in [6.07, 6.45) is 2.87. The van der Waals surface area contributed by atoms with Crippen LogP contribution >= 0.6 is 0 Å². The summed E-state index contributed by atoms with van der Waals surface area (Å²) in [4.78, 5) is 50.7. The van der Waals surface area contributed by atoms with Gasteiger partial charge < -0.3 is 10.6 Å². The third kappa shape index (κ3) is 3.16. The number of imide groups is 2. The smallest absolute Gasteiger partial charge is 0.262 e. The summed E-state index contributed by atoms with van der Waals surface area (Å²) >= 11 is 0. The Morgan fingerprint density at radius 2 is 1.86 bits per heavy atom. The molecule has 3 atom stereocenters. The molecule has 2 saturated heterocycles. The molecule has 3 aliphatic heterocycles. The van der Waals surface area contributed by atoms with Crippen molar-refractivity contribution in [3.8, 4) is 0 Å². The van der Waals surface area contributed by atoms with E-state index >= 15 is 0 Å². The second-order valence-electron chi connectivity index (χ2n) is 8.43. The Labute approximate surface area is 168 Å². The lowest BCUT2D eigenvalue weighted by atomic mass is 9.97. The highest BCUT2D eigenvalue weighted by molar-refractivity contribution is 6.24. The maximum atomic E-state index is 13.1. The first-order valence-corrected chi connectivity index (χ1v) is 10.3. The summed E-state index contributed by atoms with van der Waals surface area (Å²) in [5.74, 6) is -0.456. The van der Waals surface area contributed by atoms with E-state index in [4.69, 9.17) is 0 Å². The monoisotopic (exact) mass is 396 g/mol. The fourth-order valence-corrected chi connectivity index (χ4v) is 4.92. The zero-order valence-electron chi connectivity index (χ0n) is 16.1. The molecule has 5 rings (SSSR count). The largest absolute Gasteiger partial charge is 0.315 e. The van der Waals surface area contributed by atoms with Gasteiger partial charge in [0.05, 0.1) is 11.1 Å². The molecule has 1 aromatic rings. The zero-order valence-corrected chi connectivity index (χ0v) is 16.1. The number of rotatable bonds is 5. The van der Waals surface area contributed by atoms with Crippen molar-refractivity contribution in [2.45, 2.75) is 44.3 Å². The quantitative estimate of drug-likeness (QED) is 0.613. The summed E-state index contributed by atoms with van der Waals surface area (Å²) in [7, 11) is 0. The van der Waals surface area contributed by atoms with E-state index in [9.17, 15) is 19.2 Å². The molecule has 4 amide bonds. The molecule has 152 valence electrons. The van der Waals surface area contributed by atoms with Crippen molar-refractivity contribution in [3.63, 3.8) is 0 Å². The lowest BCUT2D eigenvalue weighted by Crippen LogP contribution is -2.54. The Bertz CT molecular complexity index is 910. The van der Waals surface area contributed by atoms with E-state index < -0.39 is 23.8 Å². The number of nitrogens with one attached hydrogen (secondary N) is 3. The number of nitrogens with zero attached hydrogens (tertiary/aromatic N) is 1. The molecule has 0 aromatic heterocycles. The van der Waals surface area contributed by atoms with Crippen LogP contribution in [0.1, 0.15) is 52.0 Å². The predicted molar refractivity (Wildman–Crippen MR) is 103 cm³/mol. The van der Waals surface area contributed by atoms with E-state index in [0.29, 0.717) is 29.6 Å². The van der Waals surface area contributed by atoms with Crippen LogP contribution in [-0.4, -0.2) is 53.7 Å². The van der Waals surface area contributed by atoms with Crippen LogP contribution in [0, 0.1) is 11.8 Å². The molecule has 1 aliphatic carbocycles. The van der Waals surface area contributed by atoms with Gasteiger partial charge in [0.1, 0.15) is 6.04 Å². The first kappa shape index (κ1) is 18.4. The highest BCUT2D eigenvalue weighted by atomic mass is 16.2. The molecular formula is C21H24N4O4. The van der Waals surface area contributed by atoms with Gasteiger partial charge in [-0.1, -0.05) is 12.1 Å². The average molecular weight is 396 g/mol. The third-order valence-corrected chi connectivity index (χ3v) is 6.60. The van der Waals surface area contributed by atoms with Crippen molar-refractivity contribution in [1.29, 1.82) is 0 Å². The Morgan fingerprint density at radius 1 is 1.03 bits per heavy atom. The molecule has 29 heavy (non-hydrogen) atoms. The molecular weight excluding hydrogens is 372 g/mol. The molecule has 3 unspecified atom stereocenters. The molecule has 8 heteroatoms. The highest BCUT2D eigenvalue weighted by Gasteiger charge is 2.45. The standard InChI is InChI=1S/C21H24N4O4/c26-17-7-6-16(19(27)24-17)25-20(28)13-3-1-2-12(18(13)21(25)29)8-23-15-10-22-9-14(15)11-4-5-11/h1-3,11,14-16,22-23H,4-10H2,(H,24,26,27). The van der Waals surface area contributed by atoms with Crippen molar-refractivity contribution in [2.75, 3.05) is 13.1 Å². The number of amides is 4. The zero-order chi connectivity index (χ0) is 20.1. The van der Waals surface area contributed by atoms with E-state index in [1.54, 1.807) is 12.1 Å². The van der Waals surface area contributed by atoms with Crippen molar-refractivity contribution >= 4 is 23.6 Å². The molecule has 3 heterocycles. The van der Waals surface area contributed by atoms with Crippen LogP contribution in [0.5, 0.6) is 0 Å². The molecule has 0 radical (unpaired) electrons. The van der Waals surface area contributed by atoms with Crippen LogP contribution in [-0.2, 0) is 16.1 Å². The van der Waals surface area contributed by atoms with E-state index in [1.165, 1.54) is 12.8 Å². The normalized spacial score (nSPS) is 29.4. The van der Waals surface area contributed by atoms with Crippen LogP contribution in [0.2, 0.25) is 0 Å². The number of carbonyl (C=O) groups excluding carboxylic acids is 4. The van der Waals surface area contributed by atoms with E-state index in [2.05, 4.69) is 16.0 Å². The van der Waals surface area contributed by atoms with Gasteiger partial charge in [-0.05, 0) is 49.3 Å². The van der Waals surface area contributed by atoms with Crippen LogP contribution in [0.15, 0.2) is 18.2 Å². The summed E-state index contributed by atoms with van der Waals surface area (Å²) in [6, 6.07) is 4.70. The number of fused-ring (bicyclic) bond motifs is 1. The summed E-state index contributed by atoms with van der Waals surface area (Å²) in [6.45, 7) is 2.43. The van der Waals surface area contributed by atoms with Crippen LogP contribution < -0.4 is 16.0 Å². The predicted octanol–water partition coefficient (Wildman–Crippen LogP) is 0.175. The minimum Gasteiger partial charge on any atom is -0.315 e. The number of hydrogen-bond acceptors (Lipinski definition) is 6. The Hall–Kier alpha value is -2.58. The van der Waals surface area contributed by atoms with Gasteiger partial charge in [0.15, 0.2) is 0 Å². The molecule has 0 bridgehead atoms. The van der Waals surface area contributed by atoms with Crippen LogP contribution in [0.25, 0.3) is 0 Å². The van der Waals surface area contributed by atoms with E-state index in [-0.39, 0.29) is 18.7 Å². The molecule has 8 nitrogen and oxygen atoms in total. The minimum atomic E-state index is -0.931. The van der Waals surface area contributed by atoms with Gasteiger partial charge in [-0.15, -0.1) is 0 Å². The number of piperidine rings is 1. The summed E-state index contributed by atoms with van der Waals surface area (Å²) in [5, 5.41) is 9.25. The summed E-state index contributed by atoms with van der Waals surface area (Å²) < 4.78 is 0. The molecule has 1 aromatic carbocycles. The molecule has 3 N–H and O–H groups in total. The number of hydrogen-bond donors (Lipinski definition) is 3. The maximum Gasteiger partial charge on any atom is 0.262 e. The van der Waals surface area contributed by atoms with Crippen LogP contribution in [0.3, 0.4) is 0 Å². The Balaban J connectivity index is 1.36. The first-order chi connectivity index (χ1) is 14.0. The molecule has 3 fully saturated rings. The maximum absolute atomic E-state index is 13.1. The molecule has 4 aliphatic rings. The van der Waals surface area contributed by atoms with Gasteiger partial charge in [-0.3, -0.25) is 29.4 Å². The third-order valence-electron chi connectivity index (χ3n) is 6.60. The van der Waals surface area contributed by atoms with Gasteiger partial charge in [-0.25, -0.2) is 0 Å². The Kier molecular flexibility index (Phi) is 4.48. The minimum absolute atomic E-state index is 0.120. The second-order valence-corrected chi connectivity index (χ2v) is 8.43.